The number of aromatic nitrogens is 5. The molecule has 0 N–H and O–H groups in total. The Morgan fingerprint density at radius 3 is 2.44 bits per heavy atom. The highest BCUT2D eigenvalue weighted by atomic mass is 35.5. The van der Waals surface area contributed by atoms with Crippen LogP contribution in [0.25, 0.3) is 17.1 Å². The van der Waals surface area contributed by atoms with Gasteiger partial charge in [-0.25, -0.2) is 0 Å². The van der Waals surface area contributed by atoms with Crippen molar-refractivity contribution in [2.45, 2.75) is 17.8 Å². The zero-order valence-electron chi connectivity index (χ0n) is 15.0. The number of thioether (sulfide) groups is 1. The Balaban J connectivity index is 1.76. The van der Waals surface area contributed by atoms with E-state index < -0.39 is 0 Å². The van der Waals surface area contributed by atoms with Crippen molar-refractivity contribution in [3.63, 3.8) is 0 Å². The number of para-hydroxylation sites is 1. The molecule has 136 valence electrons. The predicted octanol–water partition coefficient (Wildman–Crippen LogP) is 4.92. The highest BCUT2D eigenvalue weighted by Crippen LogP contribution is 2.31. The second-order valence-corrected chi connectivity index (χ2v) is 7.51. The monoisotopic (exact) mass is 395 g/mol. The summed E-state index contributed by atoms with van der Waals surface area (Å²) in [6.07, 6.45) is 1.97. The van der Waals surface area contributed by atoms with E-state index in [9.17, 15) is 0 Å². The molecule has 2 aromatic heterocycles. The van der Waals surface area contributed by atoms with Crippen molar-refractivity contribution in [3.8, 4) is 17.1 Å². The van der Waals surface area contributed by atoms with Crippen molar-refractivity contribution in [2.24, 2.45) is 7.05 Å². The lowest BCUT2D eigenvalue weighted by atomic mass is 10.2. The van der Waals surface area contributed by atoms with Gasteiger partial charge in [0.2, 0.25) is 0 Å². The number of aryl methyl sites for hydroxylation is 2. The minimum Gasteiger partial charge on any atom is -0.275 e. The molecule has 4 aromatic rings. The maximum Gasteiger partial charge on any atom is 0.196 e. The molecule has 0 saturated carbocycles. The summed E-state index contributed by atoms with van der Waals surface area (Å²) in [5, 5.41) is 15.0. The van der Waals surface area contributed by atoms with Crippen molar-refractivity contribution >= 4 is 23.4 Å². The zero-order valence-corrected chi connectivity index (χ0v) is 16.6. The van der Waals surface area contributed by atoms with Crippen LogP contribution in [0.5, 0.6) is 0 Å². The summed E-state index contributed by atoms with van der Waals surface area (Å²) in [7, 11) is 1.91. The second-order valence-electron chi connectivity index (χ2n) is 6.16. The molecule has 0 unspecified atom stereocenters. The van der Waals surface area contributed by atoms with Crippen molar-refractivity contribution in [3.05, 3.63) is 77.1 Å². The van der Waals surface area contributed by atoms with Crippen LogP contribution in [-0.2, 0) is 12.8 Å². The van der Waals surface area contributed by atoms with Gasteiger partial charge in [-0.1, -0.05) is 59.8 Å². The molecule has 0 radical (unpaired) electrons. The first kappa shape index (κ1) is 17.8. The van der Waals surface area contributed by atoms with Crippen LogP contribution < -0.4 is 0 Å². The Bertz CT molecular complexity index is 1070. The van der Waals surface area contributed by atoms with Crippen molar-refractivity contribution in [1.29, 1.82) is 0 Å². The molecule has 0 aliphatic carbocycles. The fourth-order valence-corrected chi connectivity index (χ4v) is 4.16. The molecule has 2 heterocycles. The Morgan fingerprint density at radius 1 is 1.00 bits per heavy atom. The topological polar surface area (TPSA) is 48.5 Å². The van der Waals surface area contributed by atoms with Crippen LogP contribution >= 0.6 is 23.4 Å². The second kappa shape index (κ2) is 7.58. The van der Waals surface area contributed by atoms with Crippen LogP contribution in [-0.4, -0.2) is 24.5 Å². The van der Waals surface area contributed by atoms with Gasteiger partial charge in [0.25, 0.3) is 0 Å². The van der Waals surface area contributed by atoms with Crippen LogP contribution in [0.15, 0.2) is 66.0 Å². The number of nitrogens with zero attached hydrogens (tertiary/aromatic N) is 5. The van der Waals surface area contributed by atoms with E-state index in [-0.39, 0.29) is 0 Å². The number of hydrogen-bond donors (Lipinski definition) is 0. The van der Waals surface area contributed by atoms with Gasteiger partial charge in [0, 0.05) is 29.7 Å². The smallest absolute Gasteiger partial charge is 0.196 e. The maximum absolute atomic E-state index is 6.30. The van der Waals surface area contributed by atoms with Crippen LogP contribution in [0.1, 0.15) is 11.3 Å². The number of halogens is 1. The number of rotatable bonds is 5. The molecule has 0 spiro atoms. The summed E-state index contributed by atoms with van der Waals surface area (Å²) in [6.45, 7) is 1.98. The van der Waals surface area contributed by atoms with Crippen LogP contribution in [0.2, 0.25) is 5.02 Å². The van der Waals surface area contributed by atoms with E-state index in [4.69, 9.17) is 11.6 Å². The third kappa shape index (κ3) is 3.63. The van der Waals surface area contributed by atoms with E-state index in [0.717, 1.165) is 44.3 Å². The molecular formula is C20H18ClN5S. The first-order valence-electron chi connectivity index (χ1n) is 8.51. The first-order valence-corrected chi connectivity index (χ1v) is 9.87. The lowest BCUT2D eigenvalue weighted by Crippen LogP contribution is -2.00. The van der Waals surface area contributed by atoms with Gasteiger partial charge in [0.05, 0.1) is 11.3 Å². The average Bonchev–Trinajstić information content (AvgIpc) is 3.24. The SMILES string of the molecule is Cc1nn(C)cc1-c1nnc(SCc2ccccc2Cl)n1-c1ccccc1. The molecule has 27 heavy (non-hydrogen) atoms. The average molecular weight is 396 g/mol. The highest BCUT2D eigenvalue weighted by Gasteiger charge is 2.19. The number of hydrogen-bond acceptors (Lipinski definition) is 4. The van der Waals surface area contributed by atoms with Gasteiger partial charge >= 0.3 is 0 Å². The molecule has 0 fully saturated rings. The third-order valence-electron chi connectivity index (χ3n) is 4.22. The van der Waals surface area contributed by atoms with Crippen molar-refractivity contribution in [2.75, 3.05) is 0 Å². The van der Waals surface area contributed by atoms with E-state index in [2.05, 4.69) is 32.0 Å². The van der Waals surface area contributed by atoms with Crippen LogP contribution in [0.4, 0.5) is 0 Å². The fourth-order valence-electron chi connectivity index (χ4n) is 2.92. The summed E-state index contributed by atoms with van der Waals surface area (Å²) < 4.78 is 3.87. The Kier molecular flexibility index (Phi) is 5.01. The lowest BCUT2D eigenvalue weighted by molar-refractivity contribution is 0.756. The summed E-state index contributed by atoms with van der Waals surface area (Å²) in [5.41, 5.74) is 3.98. The highest BCUT2D eigenvalue weighted by molar-refractivity contribution is 7.98. The van der Waals surface area contributed by atoms with Gasteiger partial charge in [-0.2, -0.15) is 5.10 Å². The molecule has 2 aromatic carbocycles. The lowest BCUT2D eigenvalue weighted by Gasteiger charge is -2.10. The van der Waals surface area contributed by atoms with Gasteiger partial charge in [-0.15, -0.1) is 10.2 Å². The molecule has 5 nitrogen and oxygen atoms in total. The summed E-state index contributed by atoms with van der Waals surface area (Å²) in [4.78, 5) is 0. The molecule has 0 bridgehead atoms. The standard InChI is InChI=1S/C20H18ClN5S/c1-14-17(12-25(2)24-14)19-22-23-20(26(19)16-9-4-3-5-10-16)27-13-15-8-6-7-11-18(15)21/h3-12H,13H2,1-2H3. The maximum atomic E-state index is 6.30. The quantitative estimate of drug-likeness (QED) is 0.450. The molecule has 0 atom stereocenters. The molecule has 0 amide bonds. The van der Waals surface area contributed by atoms with Crippen LogP contribution in [0, 0.1) is 6.92 Å². The molecular weight excluding hydrogens is 378 g/mol. The predicted molar refractivity (Wildman–Crippen MR) is 109 cm³/mol. The summed E-state index contributed by atoms with van der Waals surface area (Å²) >= 11 is 7.92. The molecule has 7 heteroatoms. The van der Waals surface area contributed by atoms with E-state index in [1.54, 1.807) is 16.4 Å². The normalized spacial score (nSPS) is 11.1. The van der Waals surface area contributed by atoms with Crippen molar-refractivity contribution < 1.29 is 0 Å². The van der Waals surface area contributed by atoms with Crippen molar-refractivity contribution in [1.82, 2.24) is 24.5 Å². The Morgan fingerprint density at radius 2 is 1.74 bits per heavy atom. The molecule has 0 aliphatic rings. The largest absolute Gasteiger partial charge is 0.275 e. The number of benzene rings is 2. The van der Waals surface area contributed by atoms with Gasteiger partial charge in [0.1, 0.15) is 0 Å². The minimum atomic E-state index is 0.719. The summed E-state index contributed by atoms with van der Waals surface area (Å²) in [6, 6.07) is 18.0. The van der Waals surface area contributed by atoms with Gasteiger partial charge in [-0.05, 0) is 30.7 Å². The fraction of sp³-hybridized carbons (Fsp3) is 0.150. The van der Waals surface area contributed by atoms with Gasteiger partial charge in [0.15, 0.2) is 11.0 Å². The van der Waals surface area contributed by atoms with Gasteiger partial charge < -0.3 is 0 Å². The first-order chi connectivity index (χ1) is 13.1. The molecule has 0 saturated heterocycles. The molecule has 0 aliphatic heterocycles. The Labute approximate surface area is 167 Å². The van der Waals surface area contributed by atoms with Gasteiger partial charge in [-0.3, -0.25) is 9.25 Å². The van der Waals surface area contributed by atoms with E-state index >= 15 is 0 Å². The molecule has 4 rings (SSSR count). The minimum absolute atomic E-state index is 0.719. The Hall–Kier alpha value is -2.57. The summed E-state index contributed by atoms with van der Waals surface area (Å²) in [5.74, 6) is 1.50. The third-order valence-corrected chi connectivity index (χ3v) is 5.56. The van der Waals surface area contributed by atoms with E-state index in [1.165, 1.54) is 0 Å². The van der Waals surface area contributed by atoms with E-state index in [0.29, 0.717) is 0 Å². The zero-order chi connectivity index (χ0) is 18.8. The van der Waals surface area contributed by atoms with Crippen LogP contribution in [0.3, 0.4) is 0 Å². The van der Waals surface area contributed by atoms with E-state index in [1.807, 2.05) is 62.6 Å².